The minimum atomic E-state index is -4.65. The number of hydrogen-bond acceptors (Lipinski definition) is 6. The van der Waals surface area contributed by atoms with Gasteiger partial charge in [0.15, 0.2) is 0 Å². The Hall–Kier alpha value is -1.65. The van der Waals surface area contributed by atoms with E-state index in [1.165, 1.54) is 17.9 Å². The number of ether oxygens (including phenoxy) is 1. The van der Waals surface area contributed by atoms with Crippen molar-refractivity contribution in [1.29, 1.82) is 0 Å². The van der Waals surface area contributed by atoms with Crippen LogP contribution in [0, 0.1) is 0 Å². The van der Waals surface area contributed by atoms with Crippen LogP contribution in [0.15, 0.2) is 6.07 Å². The van der Waals surface area contributed by atoms with E-state index in [1.807, 2.05) is 5.32 Å². The third-order valence-electron chi connectivity index (χ3n) is 1.33. The molecule has 0 aromatic carbocycles. The van der Waals surface area contributed by atoms with Crippen molar-refractivity contribution >= 4 is 33.9 Å². The maximum absolute atomic E-state index is 11.0. The van der Waals surface area contributed by atoms with Gasteiger partial charge in [-0.25, -0.2) is 14.5 Å². The van der Waals surface area contributed by atoms with E-state index in [0.717, 1.165) is 0 Å². The Bertz CT molecular complexity index is 533. The Labute approximate surface area is 101 Å². The first kappa shape index (κ1) is 13.4. The van der Waals surface area contributed by atoms with Crippen LogP contribution < -0.4 is 14.8 Å². The number of methoxy groups -OCH3 is 1. The van der Waals surface area contributed by atoms with Gasteiger partial charge < -0.3 is 4.74 Å². The second kappa shape index (κ2) is 5.12. The van der Waals surface area contributed by atoms with Gasteiger partial charge in [0.25, 0.3) is 0 Å². The quantitative estimate of drug-likeness (QED) is 0.528. The zero-order valence-electron chi connectivity index (χ0n) is 8.34. The highest BCUT2D eigenvalue weighted by Crippen LogP contribution is 2.15. The molecule has 17 heavy (non-hydrogen) atoms. The summed E-state index contributed by atoms with van der Waals surface area (Å²) in [7, 11) is -3.33. The number of aromatic nitrogens is 2. The Kier molecular flexibility index (Phi) is 4.04. The van der Waals surface area contributed by atoms with Gasteiger partial charge in [-0.05, 0) is 0 Å². The first-order valence-corrected chi connectivity index (χ1v) is 5.77. The summed E-state index contributed by atoms with van der Waals surface area (Å²) in [5, 5.41) is 1.92. The van der Waals surface area contributed by atoms with Crippen LogP contribution in [0.2, 0.25) is 5.15 Å². The van der Waals surface area contributed by atoms with E-state index < -0.39 is 16.3 Å². The third kappa shape index (κ3) is 4.80. The predicted octanol–water partition coefficient (Wildman–Crippen LogP) is 0.0629. The molecule has 0 aliphatic heterocycles. The average Bonchev–Trinajstić information content (AvgIpc) is 2.13. The molecule has 0 unspecified atom stereocenters. The minimum absolute atomic E-state index is 0.0148. The number of hydrogen-bond donors (Lipinski definition) is 3. The second-order valence-electron chi connectivity index (χ2n) is 2.59. The van der Waals surface area contributed by atoms with E-state index in [4.69, 9.17) is 20.9 Å². The Balaban J connectivity index is 2.81. The fourth-order valence-corrected chi connectivity index (χ4v) is 1.26. The van der Waals surface area contributed by atoms with Crippen molar-refractivity contribution in [1.82, 2.24) is 14.7 Å². The highest BCUT2D eigenvalue weighted by atomic mass is 35.5. The number of nitrogens with zero attached hydrogens (tertiary/aromatic N) is 2. The normalized spacial score (nSPS) is 10.8. The van der Waals surface area contributed by atoms with Gasteiger partial charge in [0.1, 0.15) is 5.15 Å². The number of carbonyl (C=O) groups is 1. The van der Waals surface area contributed by atoms with Gasteiger partial charge in [0, 0.05) is 6.07 Å². The maximum atomic E-state index is 11.0. The van der Waals surface area contributed by atoms with Crippen LogP contribution >= 0.6 is 11.6 Å². The van der Waals surface area contributed by atoms with Crippen molar-refractivity contribution in [3.63, 3.8) is 0 Å². The molecule has 0 aliphatic rings. The standard InChI is InChI=1S/C6H7ClN4O5S/c1-16-4-2-3(7)8-5(9-4)10-6(12)11-17(13,14)15/h2H,1H3,(H,13,14,15)(H2,8,9,10,11,12). The van der Waals surface area contributed by atoms with Gasteiger partial charge in [-0.2, -0.15) is 13.4 Å². The van der Waals surface area contributed by atoms with Crippen molar-refractivity contribution in [2.24, 2.45) is 0 Å². The number of rotatable bonds is 3. The van der Waals surface area contributed by atoms with Crippen molar-refractivity contribution in [2.75, 3.05) is 12.4 Å². The molecule has 0 atom stereocenters. The van der Waals surface area contributed by atoms with Crippen LogP contribution in [0.25, 0.3) is 0 Å². The summed E-state index contributed by atoms with van der Waals surface area (Å²) in [5.74, 6) is -0.206. The first-order valence-electron chi connectivity index (χ1n) is 3.95. The summed E-state index contributed by atoms with van der Waals surface area (Å²) in [6.07, 6.45) is 0. The SMILES string of the molecule is COc1cc(Cl)nc(NC(=O)NS(=O)(=O)O)n1. The molecule has 0 bridgehead atoms. The van der Waals surface area contributed by atoms with E-state index in [0.29, 0.717) is 0 Å². The van der Waals surface area contributed by atoms with Gasteiger partial charge in [0.05, 0.1) is 7.11 Å². The van der Waals surface area contributed by atoms with Gasteiger partial charge in [-0.15, -0.1) is 0 Å². The zero-order valence-corrected chi connectivity index (χ0v) is 9.91. The lowest BCUT2D eigenvalue weighted by atomic mass is 10.6. The molecule has 3 N–H and O–H groups in total. The van der Waals surface area contributed by atoms with Crippen LogP contribution in [-0.4, -0.2) is 36.1 Å². The maximum Gasteiger partial charge on any atom is 0.361 e. The third-order valence-corrected chi connectivity index (χ3v) is 1.96. The Morgan fingerprint density at radius 2 is 2.18 bits per heavy atom. The second-order valence-corrected chi connectivity index (χ2v) is 4.13. The molecule has 11 heteroatoms. The number of carbonyl (C=O) groups excluding carboxylic acids is 1. The first-order chi connectivity index (χ1) is 7.80. The van der Waals surface area contributed by atoms with Gasteiger partial charge in [-0.1, -0.05) is 11.6 Å². The molecule has 0 aliphatic carbocycles. The molecule has 0 spiro atoms. The molecular formula is C6H7ClN4O5S. The molecule has 0 saturated carbocycles. The van der Waals surface area contributed by atoms with E-state index in [2.05, 4.69) is 9.97 Å². The molecule has 0 radical (unpaired) electrons. The summed E-state index contributed by atoms with van der Waals surface area (Å²) in [4.78, 5) is 18.2. The highest BCUT2D eigenvalue weighted by Gasteiger charge is 2.12. The Morgan fingerprint density at radius 3 is 2.71 bits per heavy atom. The number of urea groups is 1. The summed E-state index contributed by atoms with van der Waals surface area (Å²) >= 11 is 5.57. The van der Waals surface area contributed by atoms with Gasteiger partial charge >= 0.3 is 16.3 Å². The molecule has 0 saturated heterocycles. The summed E-state index contributed by atoms with van der Waals surface area (Å²) in [5.41, 5.74) is 0. The minimum Gasteiger partial charge on any atom is -0.481 e. The van der Waals surface area contributed by atoms with E-state index >= 15 is 0 Å². The zero-order chi connectivity index (χ0) is 13.1. The molecule has 1 heterocycles. The van der Waals surface area contributed by atoms with Gasteiger partial charge in [-0.3, -0.25) is 9.87 Å². The monoisotopic (exact) mass is 282 g/mol. The number of nitrogens with one attached hydrogen (secondary N) is 2. The van der Waals surface area contributed by atoms with Crippen molar-refractivity contribution in [3.05, 3.63) is 11.2 Å². The predicted molar refractivity (Wildman–Crippen MR) is 57.3 cm³/mol. The van der Waals surface area contributed by atoms with E-state index in [1.54, 1.807) is 0 Å². The lowest BCUT2D eigenvalue weighted by Gasteiger charge is -2.05. The topological polar surface area (TPSA) is 131 Å². The summed E-state index contributed by atoms with van der Waals surface area (Å²) < 4.78 is 34.9. The summed E-state index contributed by atoms with van der Waals surface area (Å²) in [6, 6.07) is 0.0461. The molecule has 94 valence electrons. The van der Waals surface area contributed by atoms with Crippen LogP contribution in [0.3, 0.4) is 0 Å². The van der Waals surface area contributed by atoms with Crippen molar-refractivity contribution < 1.29 is 22.5 Å². The smallest absolute Gasteiger partial charge is 0.361 e. The fourth-order valence-electron chi connectivity index (χ4n) is 0.802. The highest BCUT2D eigenvalue weighted by molar-refractivity contribution is 7.84. The van der Waals surface area contributed by atoms with Crippen LogP contribution in [0.5, 0.6) is 5.88 Å². The Morgan fingerprint density at radius 1 is 1.53 bits per heavy atom. The molecule has 0 fully saturated rings. The molecular weight excluding hydrogens is 276 g/mol. The fraction of sp³-hybridized carbons (Fsp3) is 0.167. The van der Waals surface area contributed by atoms with Crippen LogP contribution in [-0.2, 0) is 10.3 Å². The number of anilines is 1. The molecule has 2 amide bonds. The molecule has 1 aromatic heterocycles. The van der Waals surface area contributed by atoms with Crippen molar-refractivity contribution in [3.8, 4) is 5.88 Å². The number of halogens is 1. The molecule has 9 nitrogen and oxygen atoms in total. The van der Waals surface area contributed by atoms with Crippen LogP contribution in [0.1, 0.15) is 0 Å². The average molecular weight is 283 g/mol. The number of amides is 2. The van der Waals surface area contributed by atoms with E-state index in [9.17, 15) is 13.2 Å². The molecule has 1 rings (SSSR count). The van der Waals surface area contributed by atoms with E-state index in [-0.39, 0.29) is 17.0 Å². The molecule has 1 aromatic rings. The van der Waals surface area contributed by atoms with Crippen LogP contribution in [0.4, 0.5) is 10.7 Å². The van der Waals surface area contributed by atoms with Crippen molar-refractivity contribution in [2.45, 2.75) is 0 Å². The lowest BCUT2D eigenvalue weighted by molar-refractivity contribution is 0.255. The summed E-state index contributed by atoms with van der Waals surface area (Å²) in [6.45, 7) is 0. The van der Waals surface area contributed by atoms with Gasteiger partial charge in [0.2, 0.25) is 11.8 Å². The largest absolute Gasteiger partial charge is 0.481 e. The lowest BCUT2D eigenvalue weighted by Crippen LogP contribution is -2.34.